The number of phenols is 1. The van der Waals surface area contributed by atoms with Crippen LogP contribution in [-0.4, -0.2) is 46.6 Å². The molecule has 8 nitrogen and oxygen atoms in total. The van der Waals surface area contributed by atoms with E-state index in [0.29, 0.717) is 19.4 Å². The van der Waals surface area contributed by atoms with E-state index < -0.39 is 11.6 Å². The number of aliphatic carboxylic acids is 1. The van der Waals surface area contributed by atoms with E-state index in [4.69, 9.17) is 14.6 Å². The molecule has 0 bridgehead atoms. The van der Waals surface area contributed by atoms with Crippen LogP contribution in [0, 0.1) is 11.8 Å². The second kappa shape index (κ2) is 8.31. The molecule has 0 saturated heterocycles. The third-order valence-corrected chi connectivity index (χ3v) is 5.46. The number of ether oxygens (including phenoxy) is 2. The molecule has 2 aliphatic rings. The van der Waals surface area contributed by atoms with Crippen molar-refractivity contribution in [3.63, 3.8) is 0 Å². The summed E-state index contributed by atoms with van der Waals surface area (Å²) in [5, 5.41) is 22.0. The van der Waals surface area contributed by atoms with Crippen molar-refractivity contribution in [1.82, 2.24) is 5.32 Å². The van der Waals surface area contributed by atoms with Crippen molar-refractivity contribution < 1.29 is 34.1 Å². The predicted molar refractivity (Wildman–Crippen MR) is 103 cm³/mol. The van der Waals surface area contributed by atoms with Crippen molar-refractivity contribution in [2.75, 3.05) is 13.2 Å². The van der Waals surface area contributed by atoms with Crippen molar-refractivity contribution >= 4 is 17.7 Å². The van der Waals surface area contributed by atoms with Gasteiger partial charge in [0.15, 0.2) is 12.4 Å². The van der Waals surface area contributed by atoms with Gasteiger partial charge >= 0.3 is 5.97 Å². The highest BCUT2D eigenvalue weighted by atomic mass is 16.5. The number of benzene rings is 1. The summed E-state index contributed by atoms with van der Waals surface area (Å²) in [5.74, 6) is -1.00. The molecule has 8 heteroatoms. The van der Waals surface area contributed by atoms with E-state index in [1.54, 1.807) is 13.8 Å². The van der Waals surface area contributed by atoms with Crippen LogP contribution < -0.4 is 14.8 Å². The zero-order chi connectivity index (χ0) is 21.2. The van der Waals surface area contributed by atoms with Crippen molar-refractivity contribution in [3.05, 3.63) is 17.7 Å². The zero-order valence-corrected chi connectivity index (χ0v) is 16.7. The maximum absolute atomic E-state index is 12.2. The SMILES string of the molecule is CC1(C)CC(=O)c2c(O)cc(OCC(=O)NCC3CCC(C(=O)O)CC3)cc2O1. The highest BCUT2D eigenvalue weighted by Crippen LogP contribution is 2.40. The van der Waals surface area contributed by atoms with Crippen LogP contribution in [0.2, 0.25) is 0 Å². The van der Waals surface area contributed by atoms with E-state index in [1.165, 1.54) is 12.1 Å². The van der Waals surface area contributed by atoms with Gasteiger partial charge in [-0.1, -0.05) is 0 Å². The van der Waals surface area contributed by atoms with Crippen LogP contribution in [0.4, 0.5) is 0 Å². The first-order valence-corrected chi connectivity index (χ1v) is 9.86. The average molecular weight is 405 g/mol. The molecule has 158 valence electrons. The molecular weight excluding hydrogens is 378 g/mol. The molecular formula is C21H27NO7. The van der Waals surface area contributed by atoms with Gasteiger partial charge in [-0.3, -0.25) is 14.4 Å². The van der Waals surface area contributed by atoms with E-state index in [0.717, 1.165) is 12.8 Å². The number of aromatic hydroxyl groups is 1. The van der Waals surface area contributed by atoms with Crippen molar-refractivity contribution in [3.8, 4) is 17.2 Å². The molecule has 0 radical (unpaired) electrons. The Morgan fingerprint density at radius 3 is 2.59 bits per heavy atom. The molecule has 1 aliphatic heterocycles. The number of nitrogens with one attached hydrogen (secondary N) is 1. The molecule has 0 spiro atoms. The number of hydrogen-bond acceptors (Lipinski definition) is 6. The number of carboxylic acids is 1. The lowest BCUT2D eigenvalue weighted by molar-refractivity contribution is -0.143. The number of carbonyl (C=O) groups excluding carboxylic acids is 2. The summed E-state index contributed by atoms with van der Waals surface area (Å²) in [6.07, 6.45) is 2.99. The smallest absolute Gasteiger partial charge is 0.306 e. The molecule has 0 atom stereocenters. The van der Waals surface area contributed by atoms with Crippen LogP contribution in [-0.2, 0) is 9.59 Å². The van der Waals surface area contributed by atoms with Gasteiger partial charge in [0.2, 0.25) is 0 Å². The van der Waals surface area contributed by atoms with Crippen molar-refractivity contribution in [2.24, 2.45) is 11.8 Å². The summed E-state index contributed by atoms with van der Waals surface area (Å²) in [6, 6.07) is 2.81. The second-order valence-electron chi connectivity index (χ2n) is 8.43. The number of ketones is 1. The Kier molecular flexibility index (Phi) is 6.00. The number of fused-ring (bicyclic) bond motifs is 1. The molecule has 3 rings (SSSR count). The Morgan fingerprint density at radius 2 is 1.93 bits per heavy atom. The number of carboxylic acid groups (broad SMARTS) is 1. The highest BCUT2D eigenvalue weighted by Gasteiger charge is 2.35. The Labute approximate surface area is 169 Å². The molecule has 1 heterocycles. The molecule has 1 fully saturated rings. The zero-order valence-electron chi connectivity index (χ0n) is 16.7. The predicted octanol–water partition coefficient (Wildman–Crippen LogP) is 2.52. The van der Waals surface area contributed by atoms with E-state index in [9.17, 15) is 19.5 Å². The summed E-state index contributed by atoms with van der Waals surface area (Å²) in [7, 11) is 0. The molecule has 0 aromatic heterocycles. The van der Waals surface area contributed by atoms with Gasteiger partial charge in [-0.05, 0) is 45.4 Å². The minimum atomic E-state index is -0.747. The Morgan fingerprint density at radius 1 is 1.24 bits per heavy atom. The lowest BCUT2D eigenvalue weighted by atomic mass is 9.82. The number of hydrogen-bond donors (Lipinski definition) is 3. The number of rotatable bonds is 6. The lowest BCUT2D eigenvalue weighted by Gasteiger charge is -2.32. The van der Waals surface area contributed by atoms with E-state index in [2.05, 4.69) is 5.32 Å². The topological polar surface area (TPSA) is 122 Å². The molecule has 1 aliphatic carbocycles. The largest absolute Gasteiger partial charge is 0.507 e. The first kappa shape index (κ1) is 21.0. The van der Waals surface area contributed by atoms with Crippen LogP contribution in [0.3, 0.4) is 0 Å². The highest BCUT2D eigenvalue weighted by molar-refractivity contribution is 6.03. The lowest BCUT2D eigenvalue weighted by Crippen LogP contribution is -2.36. The number of amides is 1. The third kappa shape index (κ3) is 5.19. The van der Waals surface area contributed by atoms with Gasteiger partial charge in [0.25, 0.3) is 5.91 Å². The van der Waals surface area contributed by atoms with Gasteiger partial charge in [0, 0.05) is 18.7 Å². The Bertz CT molecular complexity index is 809. The summed E-state index contributed by atoms with van der Waals surface area (Å²) >= 11 is 0. The number of Topliss-reactive ketones (excluding diaryl/α,β-unsaturated/α-hetero) is 1. The van der Waals surface area contributed by atoms with E-state index in [1.807, 2.05) is 0 Å². The van der Waals surface area contributed by atoms with Crippen LogP contribution in [0.1, 0.15) is 56.3 Å². The molecule has 1 aromatic rings. The van der Waals surface area contributed by atoms with Crippen LogP contribution in [0.5, 0.6) is 17.2 Å². The van der Waals surface area contributed by atoms with Crippen LogP contribution in [0.25, 0.3) is 0 Å². The Hall–Kier alpha value is -2.77. The van der Waals surface area contributed by atoms with E-state index in [-0.39, 0.29) is 59.4 Å². The minimum Gasteiger partial charge on any atom is -0.507 e. The molecule has 1 saturated carbocycles. The first-order chi connectivity index (χ1) is 13.6. The minimum absolute atomic E-state index is 0.137. The maximum atomic E-state index is 12.2. The quantitative estimate of drug-likeness (QED) is 0.665. The Balaban J connectivity index is 1.50. The van der Waals surface area contributed by atoms with Crippen molar-refractivity contribution in [2.45, 2.75) is 51.6 Å². The van der Waals surface area contributed by atoms with Crippen LogP contribution >= 0.6 is 0 Å². The molecule has 1 amide bonds. The number of carbonyl (C=O) groups is 3. The summed E-state index contributed by atoms with van der Waals surface area (Å²) in [6.45, 7) is 3.82. The number of phenolic OH excluding ortho intramolecular Hbond substituents is 1. The van der Waals surface area contributed by atoms with Crippen LogP contribution in [0.15, 0.2) is 12.1 Å². The summed E-state index contributed by atoms with van der Waals surface area (Å²) in [4.78, 5) is 35.3. The monoisotopic (exact) mass is 405 g/mol. The van der Waals surface area contributed by atoms with Gasteiger partial charge < -0.3 is 25.0 Å². The second-order valence-corrected chi connectivity index (χ2v) is 8.43. The average Bonchev–Trinajstić information content (AvgIpc) is 2.63. The fourth-order valence-electron chi connectivity index (χ4n) is 3.90. The van der Waals surface area contributed by atoms with E-state index >= 15 is 0 Å². The van der Waals surface area contributed by atoms with Gasteiger partial charge in [-0.2, -0.15) is 0 Å². The molecule has 29 heavy (non-hydrogen) atoms. The maximum Gasteiger partial charge on any atom is 0.306 e. The molecule has 1 aromatic carbocycles. The molecule has 0 unspecified atom stereocenters. The van der Waals surface area contributed by atoms with Gasteiger partial charge in [-0.25, -0.2) is 0 Å². The fourth-order valence-corrected chi connectivity index (χ4v) is 3.90. The summed E-state index contributed by atoms with van der Waals surface area (Å²) in [5.41, 5.74) is -0.537. The van der Waals surface area contributed by atoms with Gasteiger partial charge in [0.1, 0.15) is 28.4 Å². The standard InChI is InChI=1S/C21H27NO7/c1-21(2)9-16(24)19-15(23)7-14(8-17(19)29-21)28-11-18(25)22-10-12-3-5-13(6-4-12)20(26)27/h7-8,12-13,23H,3-6,9-11H2,1-2H3,(H,22,25)(H,26,27). The molecule has 3 N–H and O–H groups in total. The third-order valence-electron chi connectivity index (χ3n) is 5.46. The van der Waals surface area contributed by atoms with Crippen molar-refractivity contribution in [1.29, 1.82) is 0 Å². The summed E-state index contributed by atoms with van der Waals surface area (Å²) < 4.78 is 11.2. The van der Waals surface area contributed by atoms with Gasteiger partial charge in [0.05, 0.1) is 12.3 Å². The fraction of sp³-hybridized carbons (Fsp3) is 0.571. The van der Waals surface area contributed by atoms with Gasteiger partial charge in [-0.15, -0.1) is 0 Å². The first-order valence-electron chi connectivity index (χ1n) is 9.86. The normalized spacial score (nSPS) is 22.9.